The zero-order valence-corrected chi connectivity index (χ0v) is 14.2. The Hall–Kier alpha value is -2.25. The number of carboxylic acid groups (broad SMARTS) is 1. The second kappa shape index (κ2) is 7.33. The number of carbonyl (C=O) groups is 1. The quantitative estimate of drug-likeness (QED) is 0.838. The van der Waals surface area contributed by atoms with E-state index in [1.54, 1.807) is 24.4 Å². The first-order valence-corrected chi connectivity index (χ1v) is 8.34. The minimum absolute atomic E-state index is 0.225. The molecule has 134 valence electrons. The number of aliphatic carboxylic acids is 1. The number of ether oxygens (including phenoxy) is 1. The largest absolute Gasteiger partial charge is 0.481 e. The van der Waals surface area contributed by atoms with Crippen molar-refractivity contribution in [1.29, 1.82) is 0 Å². The van der Waals surface area contributed by atoms with Crippen LogP contribution in [-0.2, 0) is 16.1 Å². The minimum Gasteiger partial charge on any atom is -0.481 e. The number of halogens is 1. The lowest BCUT2D eigenvalue weighted by Gasteiger charge is -2.33. The van der Waals surface area contributed by atoms with Gasteiger partial charge in [-0.05, 0) is 31.9 Å². The van der Waals surface area contributed by atoms with Gasteiger partial charge >= 0.3 is 5.97 Å². The van der Waals surface area contributed by atoms with Crippen LogP contribution < -0.4 is 5.32 Å². The maximum atomic E-state index is 13.9. The van der Waals surface area contributed by atoms with Crippen molar-refractivity contribution in [3.05, 3.63) is 47.5 Å². The lowest BCUT2D eigenvalue weighted by Crippen LogP contribution is -2.46. The highest BCUT2D eigenvalue weighted by atomic mass is 19.1. The highest BCUT2D eigenvalue weighted by Crippen LogP contribution is 2.28. The number of rotatable bonds is 6. The van der Waals surface area contributed by atoms with E-state index in [9.17, 15) is 14.3 Å². The van der Waals surface area contributed by atoms with E-state index < -0.39 is 11.4 Å². The molecule has 6 nitrogen and oxygen atoms in total. The van der Waals surface area contributed by atoms with E-state index in [4.69, 9.17) is 4.74 Å². The number of hydrogen-bond donors (Lipinski definition) is 2. The summed E-state index contributed by atoms with van der Waals surface area (Å²) in [6.07, 6.45) is 3.12. The number of para-hydroxylation sites is 1. The Kier molecular flexibility index (Phi) is 5.15. The van der Waals surface area contributed by atoms with Crippen LogP contribution in [0.2, 0.25) is 0 Å². The first-order chi connectivity index (χ1) is 12.0. The molecular weight excluding hydrogens is 325 g/mol. The Labute approximate surface area is 145 Å². The predicted molar refractivity (Wildman–Crippen MR) is 90.1 cm³/mol. The van der Waals surface area contributed by atoms with Crippen LogP contribution in [0.3, 0.4) is 0 Å². The van der Waals surface area contributed by atoms with Crippen molar-refractivity contribution < 1.29 is 19.0 Å². The third kappa shape index (κ3) is 3.72. The van der Waals surface area contributed by atoms with Gasteiger partial charge in [-0.3, -0.25) is 4.79 Å². The Morgan fingerprint density at radius 3 is 2.96 bits per heavy atom. The Bertz CT molecular complexity index is 754. The molecule has 0 amide bonds. The fourth-order valence-electron chi connectivity index (χ4n) is 3.10. The summed E-state index contributed by atoms with van der Waals surface area (Å²) < 4.78 is 20.8. The summed E-state index contributed by atoms with van der Waals surface area (Å²) in [4.78, 5) is 11.6. The summed E-state index contributed by atoms with van der Waals surface area (Å²) in [6, 6.07) is 6.45. The maximum Gasteiger partial charge on any atom is 0.313 e. The summed E-state index contributed by atoms with van der Waals surface area (Å²) in [7, 11) is 0. The van der Waals surface area contributed by atoms with Crippen LogP contribution in [0.25, 0.3) is 5.69 Å². The third-order valence-electron chi connectivity index (χ3n) is 4.65. The summed E-state index contributed by atoms with van der Waals surface area (Å²) in [5, 5.41) is 17.1. The van der Waals surface area contributed by atoms with Gasteiger partial charge < -0.3 is 15.2 Å². The normalized spacial score (nSPS) is 20.6. The highest BCUT2D eigenvalue weighted by Gasteiger charge is 2.40. The zero-order valence-electron chi connectivity index (χ0n) is 14.2. The van der Waals surface area contributed by atoms with E-state index in [1.165, 1.54) is 10.7 Å². The molecule has 1 aliphatic rings. The zero-order chi connectivity index (χ0) is 17.9. The van der Waals surface area contributed by atoms with Crippen molar-refractivity contribution in [2.75, 3.05) is 19.8 Å². The smallest absolute Gasteiger partial charge is 0.313 e. The van der Waals surface area contributed by atoms with E-state index in [1.807, 2.05) is 6.92 Å². The SMILES string of the molecule is Cc1nn(-c2ccccc2F)cc1CNCC1(C(=O)O)CCCOC1. The predicted octanol–water partition coefficient (Wildman–Crippen LogP) is 2.29. The lowest BCUT2D eigenvalue weighted by molar-refractivity contribution is -0.156. The number of hydrogen-bond acceptors (Lipinski definition) is 4. The Balaban J connectivity index is 1.68. The molecule has 25 heavy (non-hydrogen) atoms. The summed E-state index contributed by atoms with van der Waals surface area (Å²) >= 11 is 0. The van der Waals surface area contributed by atoms with Gasteiger partial charge in [0.1, 0.15) is 16.9 Å². The monoisotopic (exact) mass is 347 g/mol. The molecule has 1 unspecified atom stereocenters. The van der Waals surface area contributed by atoms with Crippen LogP contribution in [0.1, 0.15) is 24.1 Å². The molecule has 7 heteroatoms. The van der Waals surface area contributed by atoms with Crippen molar-refractivity contribution >= 4 is 5.97 Å². The minimum atomic E-state index is -0.881. The average Bonchev–Trinajstić information content (AvgIpc) is 2.97. The second-order valence-corrected chi connectivity index (χ2v) is 6.48. The first kappa shape index (κ1) is 17.6. The second-order valence-electron chi connectivity index (χ2n) is 6.48. The number of nitrogens with zero attached hydrogens (tertiary/aromatic N) is 2. The van der Waals surface area contributed by atoms with Crippen molar-refractivity contribution in [1.82, 2.24) is 15.1 Å². The van der Waals surface area contributed by atoms with E-state index >= 15 is 0 Å². The molecule has 1 aliphatic heterocycles. The molecule has 3 rings (SSSR count). The van der Waals surface area contributed by atoms with Gasteiger partial charge in [-0.1, -0.05) is 12.1 Å². The van der Waals surface area contributed by atoms with E-state index in [-0.39, 0.29) is 12.4 Å². The molecule has 0 spiro atoms. The summed E-state index contributed by atoms with van der Waals surface area (Å²) in [5.74, 6) is -1.17. The van der Waals surface area contributed by atoms with Gasteiger partial charge in [0.05, 0.1) is 12.3 Å². The van der Waals surface area contributed by atoms with E-state index in [2.05, 4.69) is 10.4 Å². The van der Waals surface area contributed by atoms with Crippen LogP contribution in [0.15, 0.2) is 30.5 Å². The molecule has 1 saturated heterocycles. The van der Waals surface area contributed by atoms with E-state index in [0.29, 0.717) is 31.8 Å². The fraction of sp³-hybridized carbons (Fsp3) is 0.444. The van der Waals surface area contributed by atoms with Gasteiger partial charge in [-0.15, -0.1) is 0 Å². The fourth-order valence-corrected chi connectivity index (χ4v) is 3.10. The summed E-state index contributed by atoms with van der Waals surface area (Å²) in [5.41, 5.74) is 1.19. The average molecular weight is 347 g/mol. The molecule has 0 aliphatic carbocycles. The van der Waals surface area contributed by atoms with Crippen LogP contribution in [0.4, 0.5) is 4.39 Å². The van der Waals surface area contributed by atoms with Gasteiger partial charge in [0.25, 0.3) is 0 Å². The van der Waals surface area contributed by atoms with Gasteiger partial charge in [-0.2, -0.15) is 5.10 Å². The molecule has 0 radical (unpaired) electrons. The van der Waals surface area contributed by atoms with Gasteiger partial charge in [0.15, 0.2) is 0 Å². The molecule has 2 N–H and O–H groups in total. The van der Waals surface area contributed by atoms with Crippen LogP contribution in [-0.4, -0.2) is 40.6 Å². The maximum absolute atomic E-state index is 13.9. The number of nitrogens with one attached hydrogen (secondary N) is 1. The Morgan fingerprint density at radius 2 is 2.28 bits per heavy atom. The number of aryl methyl sites for hydroxylation is 1. The number of benzene rings is 1. The molecular formula is C18H22FN3O3. The molecule has 1 aromatic heterocycles. The molecule has 0 saturated carbocycles. The highest BCUT2D eigenvalue weighted by molar-refractivity contribution is 5.75. The molecule has 2 aromatic rings. The molecule has 2 heterocycles. The van der Waals surface area contributed by atoms with E-state index in [0.717, 1.165) is 17.7 Å². The topological polar surface area (TPSA) is 76.4 Å². The van der Waals surface area contributed by atoms with Gasteiger partial charge in [0.2, 0.25) is 0 Å². The molecule has 1 aromatic carbocycles. The van der Waals surface area contributed by atoms with Crippen LogP contribution >= 0.6 is 0 Å². The third-order valence-corrected chi connectivity index (χ3v) is 4.65. The molecule has 1 fully saturated rings. The lowest BCUT2D eigenvalue weighted by atomic mass is 9.82. The summed E-state index contributed by atoms with van der Waals surface area (Å²) in [6.45, 7) is 3.49. The van der Waals surface area contributed by atoms with Gasteiger partial charge in [-0.25, -0.2) is 9.07 Å². The first-order valence-electron chi connectivity index (χ1n) is 8.34. The van der Waals surface area contributed by atoms with Crippen molar-refractivity contribution in [2.24, 2.45) is 5.41 Å². The number of aromatic nitrogens is 2. The number of carboxylic acids is 1. The van der Waals surface area contributed by atoms with Gasteiger partial charge in [0, 0.05) is 31.5 Å². The van der Waals surface area contributed by atoms with Crippen molar-refractivity contribution in [3.63, 3.8) is 0 Å². The Morgan fingerprint density at radius 1 is 1.48 bits per heavy atom. The molecule has 1 atom stereocenters. The van der Waals surface area contributed by atoms with Crippen LogP contribution in [0, 0.1) is 18.2 Å². The standard InChI is InChI=1S/C18H22FN3O3/c1-13-14(10-22(21-13)16-6-3-2-5-15(16)19)9-20-11-18(17(23)24)7-4-8-25-12-18/h2-3,5-6,10,20H,4,7-9,11-12H2,1H3,(H,23,24). The van der Waals surface area contributed by atoms with Crippen molar-refractivity contribution in [3.8, 4) is 5.69 Å². The van der Waals surface area contributed by atoms with Crippen molar-refractivity contribution in [2.45, 2.75) is 26.3 Å². The molecule has 0 bridgehead atoms. The van der Waals surface area contributed by atoms with Crippen LogP contribution in [0.5, 0.6) is 0 Å².